The molecule has 0 N–H and O–H groups in total. The van der Waals surface area contributed by atoms with Crippen LogP contribution in [0.5, 0.6) is 0 Å². The van der Waals surface area contributed by atoms with Crippen LogP contribution in [0.25, 0.3) is 0 Å². The maximum Gasteiger partial charge on any atom is 0.220 e. The van der Waals surface area contributed by atoms with Crippen LogP contribution < -0.4 is 0 Å². The highest BCUT2D eigenvalue weighted by Gasteiger charge is 2.19. The summed E-state index contributed by atoms with van der Waals surface area (Å²) < 4.78 is 0. The Balaban J connectivity index is 2.27. The van der Waals surface area contributed by atoms with Gasteiger partial charge in [0.05, 0.1) is 6.04 Å². The van der Waals surface area contributed by atoms with E-state index >= 15 is 0 Å². The molecule has 2 nitrogen and oxygen atoms in total. The Morgan fingerprint density at radius 3 is 2.15 bits per heavy atom. The van der Waals surface area contributed by atoms with Crippen LogP contribution in [0, 0.1) is 0 Å². The molecule has 0 fully saturated rings. The Labute approximate surface area is 120 Å². The Morgan fingerprint density at radius 2 is 1.65 bits per heavy atom. The van der Waals surface area contributed by atoms with Crippen molar-refractivity contribution in [3.63, 3.8) is 0 Å². The highest BCUT2D eigenvalue weighted by atomic mass is 16.2. The number of rotatable bonds is 5. The van der Waals surface area contributed by atoms with E-state index in [1.165, 1.54) is 0 Å². The molecule has 2 rings (SSSR count). The number of carbonyl (C=O) groups is 1. The lowest BCUT2D eigenvalue weighted by atomic mass is 10.0. The molecule has 0 aliphatic heterocycles. The maximum absolute atomic E-state index is 12.0. The van der Waals surface area contributed by atoms with Crippen molar-refractivity contribution in [1.29, 1.82) is 0 Å². The third-order valence-corrected chi connectivity index (χ3v) is 3.30. The summed E-state index contributed by atoms with van der Waals surface area (Å²) >= 11 is 0. The van der Waals surface area contributed by atoms with Gasteiger partial charge in [-0.15, -0.1) is 6.58 Å². The largest absolute Gasteiger partial charge is 0.328 e. The van der Waals surface area contributed by atoms with Crippen LogP contribution in [0.1, 0.15) is 24.1 Å². The van der Waals surface area contributed by atoms with Crippen LogP contribution in [0.2, 0.25) is 0 Å². The molecule has 0 aliphatic carbocycles. The predicted molar refractivity (Wildman–Crippen MR) is 82.0 cm³/mol. The molecular formula is C18H19NO. The minimum Gasteiger partial charge on any atom is -0.328 e. The van der Waals surface area contributed by atoms with Crippen molar-refractivity contribution in [3.8, 4) is 0 Å². The molecule has 1 amide bonds. The predicted octanol–water partition coefficient (Wildman–Crippen LogP) is 3.96. The molecule has 102 valence electrons. The molecule has 1 atom stereocenters. The molecule has 0 aromatic heterocycles. The van der Waals surface area contributed by atoms with Crippen molar-refractivity contribution in [2.75, 3.05) is 0 Å². The second-order valence-electron chi connectivity index (χ2n) is 4.72. The van der Waals surface area contributed by atoms with Gasteiger partial charge in [0.15, 0.2) is 0 Å². The zero-order chi connectivity index (χ0) is 14.4. The molecule has 0 saturated heterocycles. The van der Waals surface area contributed by atoms with E-state index in [9.17, 15) is 4.79 Å². The number of hydrogen-bond acceptors (Lipinski definition) is 1. The molecule has 0 aliphatic rings. The highest BCUT2D eigenvalue weighted by molar-refractivity contribution is 5.74. The minimum absolute atomic E-state index is 0.0441. The SMILES string of the molecule is C=C[C@H](c1ccccc1)N(Cc1ccccc1)C(C)=O. The quantitative estimate of drug-likeness (QED) is 0.749. The van der Waals surface area contributed by atoms with Gasteiger partial charge in [-0.3, -0.25) is 4.79 Å². The van der Waals surface area contributed by atoms with Gasteiger partial charge in [0.25, 0.3) is 0 Å². The fourth-order valence-corrected chi connectivity index (χ4v) is 2.28. The third-order valence-electron chi connectivity index (χ3n) is 3.30. The molecule has 2 heteroatoms. The number of benzene rings is 2. The second-order valence-corrected chi connectivity index (χ2v) is 4.72. The molecule has 20 heavy (non-hydrogen) atoms. The molecule has 0 bridgehead atoms. The Kier molecular flexibility index (Phi) is 4.72. The van der Waals surface area contributed by atoms with Crippen molar-refractivity contribution in [3.05, 3.63) is 84.4 Å². The van der Waals surface area contributed by atoms with Gasteiger partial charge in [-0.25, -0.2) is 0 Å². The van der Waals surface area contributed by atoms with Gasteiger partial charge in [0, 0.05) is 13.5 Å². The van der Waals surface area contributed by atoms with Gasteiger partial charge >= 0.3 is 0 Å². The first-order chi connectivity index (χ1) is 9.72. The molecule has 2 aromatic rings. The summed E-state index contributed by atoms with van der Waals surface area (Å²) in [5.41, 5.74) is 2.19. The van der Waals surface area contributed by atoms with Crippen LogP contribution in [0.15, 0.2) is 73.3 Å². The monoisotopic (exact) mass is 265 g/mol. The van der Waals surface area contributed by atoms with Gasteiger partial charge in [0.1, 0.15) is 0 Å². The minimum atomic E-state index is -0.103. The lowest BCUT2D eigenvalue weighted by Gasteiger charge is -2.29. The molecule has 2 aromatic carbocycles. The van der Waals surface area contributed by atoms with Crippen molar-refractivity contribution in [1.82, 2.24) is 4.90 Å². The van der Waals surface area contributed by atoms with E-state index in [4.69, 9.17) is 0 Å². The Bertz CT molecular complexity index is 562. The topological polar surface area (TPSA) is 20.3 Å². The van der Waals surface area contributed by atoms with E-state index in [0.29, 0.717) is 6.54 Å². The van der Waals surface area contributed by atoms with Gasteiger partial charge in [-0.1, -0.05) is 66.7 Å². The van der Waals surface area contributed by atoms with Crippen molar-refractivity contribution < 1.29 is 4.79 Å². The van der Waals surface area contributed by atoms with Crippen LogP contribution in [0.3, 0.4) is 0 Å². The lowest BCUT2D eigenvalue weighted by Crippen LogP contribution is -2.31. The van der Waals surface area contributed by atoms with E-state index in [-0.39, 0.29) is 11.9 Å². The van der Waals surface area contributed by atoms with E-state index in [0.717, 1.165) is 11.1 Å². The number of hydrogen-bond donors (Lipinski definition) is 0. The summed E-state index contributed by atoms with van der Waals surface area (Å²) in [6, 6.07) is 19.9. The van der Waals surface area contributed by atoms with Crippen molar-refractivity contribution >= 4 is 5.91 Å². The fraction of sp³-hybridized carbons (Fsp3) is 0.167. The summed E-state index contributed by atoms with van der Waals surface area (Å²) in [5, 5.41) is 0. The second kappa shape index (κ2) is 6.71. The molecular weight excluding hydrogens is 246 g/mol. The number of amides is 1. The Morgan fingerprint density at radius 1 is 1.10 bits per heavy atom. The number of nitrogens with zero attached hydrogens (tertiary/aromatic N) is 1. The number of carbonyl (C=O) groups excluding carboxylic acids is 1. The average molecular weight is 265 g/mol. The fourth-order valence-electron chi connectivity index (χ4n) is 2.28. The summed E-state index contributed by atoms with van der Waals surface area (Å²) in [5.74, 6) is 0.0441. The van der Waals surface area contributed by atoms with Crippen LogP contribution in [-0.4, -0.2) is 10.8 Å². The van der Waals surface area contributed by atoms with Gasteiger partial charge < -0.3 is 4.90 Å². The third kappa shape index (κ3) is 3.35. The summed E-state index contributed by atoms with van der Waals surface area (Å²) in [7, 11) is 0. The van der Waals surface area contributed by atoms with E-state index in [1.807, 2.05) is 71.6 Å². The summed E-state index contributed by atoms with van der Waals surface area (Å²) in [6.07, 6.45) is 1.82. The first kappa shape index (κ1) is 14.1. The Hall–Kier alpha value is -2.35. The summed E-state index contributed by atoms with van der Waals surface area (Å²) in [6.45, 7) is 6.07. The molecule has 0 radical (unpaired) electrons. The van der Waals surface area contributed by atoms with Crippen molar-refractivity contribution in [2.45, 2.75) is 19.5 Å². The van der Waals surface area contributed by atoms with Crippen LogP contribution in [0.4, 0.5) is 0 Å². The smallest absolute Gasteiger partial charge is 0.220 e. The van der Waals surface area contributed by atoms with Crippen LogP contribution in [-0.2, 0) is 11.3 Å². The molecule has 0 heterocycles. The van der Waals surface area contributed by atoms with Gasteiger partial charge in [0.2, 0.25) is 5.91 Å². The first-order valence-electron chi connectivity index (χ1n) is 6.71. The van der Waals surface area contributed by atoms with Gasteiger partial charge in [-0.2, -0.15) is 0 Å². The molecule has 0 spiro atoms. The zero-order valence-electron chi connectivity index (χ0n) is 11.7. The molecule has 0 unspecified atom stereocenters. The molecule has 0 saturated carbocycles. The highest BCUT2D eigenvalue weighted by Crippen LogP contribution is 2.23. The van der Waals surface area contributed by atoms with Crippen LogP contribution >= 0.6 is 0 Å². The standard InChI is InChI=1S/C18H19NO/c1-3-18(17-12-8-5-9-13-17)19(15(2)20)14-16-10-6-4-7-11-16/h3-13,18H,1,14H2,2H3/t18-/m1/s1. The summed E-state index contributed by atoms with van der Waals surface area (Å²) in [4.78, 5) is 13.8. The maximum atomic E-state index is 12.0. The van der Waals surface area contributed by atoms with Crippen molar-refractivity contribution in [2.24, 2.45) is 0 Å². The average Bonchev–Trinajstić information content (AvgIpc) is 2.49. The van der Waals surface area contributed by atoms with E-state index in [2.05, 4.69) is 6.58 Å². The normalized spacial score (nSPS) is 11.7. The first-order valence-corrected chi connectivity index (χ1v) is 6.71. The zero-order valence-corrected chi connectivity index (χ0v) is 11.7. The van der Waals surface area contributed by atoms with Gasteiger partial charge in [-0.05, 0) is 11.1 Å². The lowest BCUT2D eigenvalue weighted by molar-refractivity contribution is -0.131. The van der Waals surface area contributed by atoms with E-state index < -0.39 is 0 Å². The van der Waals surface area contributed by atoms with E-state index in [1.54, 1.807) is 6.92 Å².